The first kappa shape index (κ1) is 15.7. The van der Waals surface area contributed by atoms with E-state index in [-0.39, 0.29) is 11.5 Å². The van der Waals surface area contributed by atoms with E-state index in [4.69, 9.17) is 4.74 Å². The molecule has 1 aromatic heterocycles. The van der Waals surface area contributed by atoms with Crippen molar-refractivity contribution in [2.45, 2.75) is 6.42 Å². The lowest BCUT2D eigenvalue weighted by molar-refractivity contribution is 0.0951. The Bertz CT molecular complexity index is 934. The number of fused-ring (bicyclic) bond motifs is 1. The van der Waals surface area contributed by atoms with Crippen molar-refractivity contribution in [3.8, 4) is 5.75 Å². The maximum Gasteiger partial charge on any atom is 0.258 e. The Morgan fingerprint density at radius 2 is 1.92 bits per heavy atom. The number of hydrogen-bond acceptors (Lipinski definition) is 4. The van der Waals surface area contributed by atoms with Crippen LogP contribution in [-0.2, 0) is 6.42 Å². The SMILES string of the molecule is COc1ccccc1C(=O)NCCc1nc2ccccc2c(=O)[nH]1. The van der Waals surface area contributed by atoms with E-state index >= 15 is 0 Å². The molecule has 0 aliphatic heterocycles. The predicted molar refractivity (Wildman–Crippen MR) is 91.4 cm³/mol. The molecule has 2 aromatic carbocycles. The van der Waals surface area contributed by atoms with E-state index < -0.39 is 0 Å². The largest absolute Gasteiger partial charge is 0.496 e. The Morgan fingerprint density at radius 3 is 2.75 bits per heavy atom. The van der Waals surface area contributed by atoms with Gasteiger partial charge in [-0.05, 0) is 24.3 Å². The Morgan fingerprint density at radius 1 is 1.17 bits per heavy atom. The third kappa shape index (κ3) is 3.27. The molecule has 0 saturated heterocycles. The smallest absolute Gasteiger partial charge is 0.258 e. The van der Waals surface area contributed by atoms with Crippen molar-refractivity contribution in [2.75, 3.05) is 13.7 Å². The van der Waals surface area contributed by atoms with Crippen LogP contribution in [0.4, 0.5) is 0 Å². The Labute approximate surface area is 138 Å². The maximum absolute atomic E-state index is 12.2. The van der Waals surface area contributed by atoms with Crippen molar-refractivity contribution >= 4 is 16.8 Å². The summed E-state index contributed by atoms with van der Waals surface area (Å²) in [5.41, 5.74) is 0.943. The van der Waals surface area contributed by atoms with E-state index in [1.54, 1.807) is 42.5 Å². The number of carbonyl (C=O) groups excluding carboxylic acids is 1. The number of benzene rings is 2. The first-order valence-electron chi connectivity index (χ1n) is 7.58. The summed E-state index contributed by atoms with van der Waals surface area (Å²) in [7, 11) is 1.52. The van der Waals surface area contributed by atoms with Crippen LogP contribution >= 0.6 is 0 Å². The molecule has 0 atom stereocenters. The van der Waals surface area contributed by atoms with Gasteiger partial charge in [-0.25, -0.2) is 4.98 Å². The van der Waals surface area contributed by atoms with E-state index in [0.717, 1.165) is 0 Å². The molecule has 3 aromatic rings. The molecule has 122 valence electrons. The Balaban J connectivity index is 1.68. The number of aromatic amines is 1. The van der Waals surface area contributed by atoms with Crippen molar-refractivity contribution < 1.29 is 9.53 Å². The van der Waals surface area contributed by atoms with Gasteiger partial charge in [-0.1, -0.05) is 24.3 Å². The quantitative estimate of drug-likeness (QED) is 0.751. The van der Waals surface area contributed by atoms with Gasteiger partial charge >= 0.3 is 0 Å². The second-order valence-electron chi connectivity index (χ2n) is 5.24. The summed E-state index contributed by atoms with van der Waals surface area (Å²) in [4.78, 5) is 31.4. The molecule has 0 spiro atoms. The van der Waals surface area contributed by atoms with Crippen LogP contribution in [-0.4, -0.2) is 29.5 Å². The molecule has 0 aliphatic rings. The molecule has 6 heteroatoms. The lowest BCUT2D eigenvalue weighted by Gasteiger charge is -2.09. The van der Waals surface area contributed by atoms with E-state index in [0.29, 0.717) is 41.0 Å². The number of aromatic nitrogens is 2. The molecule has 24 heavy (non-hydrogen) atoms. The van der Waals surface area contributed by atoms with Crippen LogP contribution in [0.1, 0.15) is 16.2 Å². The zero-order chi connectivity index (χ0) is 16.9. The highest BCUT2D eigenvalue weighted by Gasteiger charge is 2.11. The van der Waals surface area contributed by atoms with Crippen LogP contribution < -0.4 is 15.6 Å². The molecule has 6 nitrogen and oxygen atoms in total. The number of hydrogen-bond donors (Lipinski definition) is 2. The number of H-pyrrole nitrogens is 1. The topological polar surface area (TPSA) is 84.1 Å². The molecule has 0 aliphatic carbocycles. The summed E-state index contributed by atoms with van der Waals surface area (Å²) in [5, 5.41) is 3.36. The summed E-state index contributed by atoms with van der Waals surface area (Å²) in [5.74, 6) is 0.835. The normalized spacial score (nSPS) is 10.5. The molecule has 0 saturated carbocycles. The van der Waals surface area contributed by atoms with Crippen LogP contribution in [0.25, 0.3) is 10.9 Å². The number of rotatable bonds is 5. The fourth-order valence-corrected chi connectivity index (χ4v) is 2.48. The van der Waals surface area contributed by atoms with Gasteiger partial charge in [-0.15, -0.1) is 0 Å². The maximum atomic E-state index is 12.2. The second-order valence-corrected chi connectivity index (χ2v) is 5.24. The lowest BCUT2D eigenvalue weighted by atomic mass is 10.2. The fourth-order valence-electron chi connectivity index (χ4n) is 2.48. The number of methoxy groups -OCH3 is 1. The van der Waals surface area contributed by atoms with Crippen LogP contribution in [0.2, 0.25) is 0 Å². The third-order valence-electron chi connectivity index (χ3n) is 3.66. The molecule has 0 bridgehead atoms. The molecule has 0 radical (unpaired) electrons. The Hall–Kier alpha value is -3.15. The average molecular weight is 323 g/mol. The van der Waals surface area contributed by atoms with Gasteiger partial charge in [0.25, 0.3) is 11.5 Å². The minimum Gasteiger partial charge on any atom is -0.496 e. The second kappa shape index (κ2) is 6.95. The van der Waals surface area contributed by atoms with Crippen molar-refractivity contribution in [2.24, 2.45) is 0 Å². The third-order valence-corrected chi connectivity index (χ3v) is 3.66. The standard InChI is InChI=1S/C18H17N3O3/c1-24-15-9-5-3-7-13(15)17(22)19-11-10-16-20-14-8-4-2-6-12(14)18(23)21-16/h2-9H,10-11H2,1H3,(H,19,22)(H,20,21,23). The molecule has 0 fully saturated rings. The zero-order valence-corrected chi connectivity index (χ0v) is 13.2. The van der Waals surface area contributed by atoms with E-state index in [1.807, 2.05) is 6.07 Å². The minimum atomic E-state index is -0.226. The predicted octanol–water partition coefficient (Wildman–Crippen LogP) is 1.90. The van der Waals surface area contributed by atoms with Crippen LogP contribution in [0.3, 0.4) is 0 Å². The average Bonchev–Trinajstić information content (AvgIpc) is 2.61. The fraction of sp³-hybridized carbons (Fsp3) is 0.167. The van der Waals surface area contributed by atoms with Crippen LogP contribution in [0, 0.1) is 0 Å². The van der Waals surface area contributed by atoms with Gasteiger partial charge in [0.05, 0.1) is 23.6 Å². The summed E-state index contributed by atoms with van der Waals surface area (Å²) < 4.78 is 5.17. The highest BCUT2D eigenvalue weighted by atomic mass is 16.5. The highest BCUT2D eigenvalue weighted by molar-refractivity contribution is 5.96. The number of amides is 1. The van der Waals surface area contributed by atoms with Crippen LogP contribution in [0.15, 0.2) is 53.3 Å². The van der Waals surface area contributed by atoms with Crippen molar-refractivity contribution in [1.29, 1.82) is 0 Å². The number of carbonyl (C=O) groups is 1. The highest BCUT2D eigenvalue weighted by Crippen LogP contribution is 2.16. The van der Waals surface area contributed by atoms with E-state index in [1.165, 1.54) is 7.11 Å². The molecule has 3 rings (SSSR count). The molecule has 1 heterocycles. The van der Waals surface area contributed by atoms with E-state index in [2.05, 4.69) is 15.3 Å². The van der Waals surface area contributed by atoms with Gasteiger partial charge in [0.15, 0.2) is 0 Å². The van der Waals surface area contributed by atoms with Gasteiger partial charge < -0.3 is 15.0 Å². The van der Waals surface area contributed by atoms with Gasteiger partial charge in [0.2, 0.25) is 0 Å². The van der Waals surface area contributed by atoms with Gasteiger partial charge in [-0.3, -0.25) is 9.59 Å². The summed E-state index contributed by atoms with van der Waals surface area (Å²) in [6.45, 7) is 0.359. The molecule has 2 N–H and O–H groups in total. The molecular weight excluding hydrogens is 306 g/mol. The molecule has 0 unspecified atom stereocenters. The van der Waals surface area contributed by atoms with Gasteiger partial charge in [0, 0.05) is 13.0 Å². The Kier molecular flexibility index (Phi) is 4.56. The number of para-hydroxylation sites is 2. The van der Waals surface area contributed by atoms with Gasteiger partial charge in [-0.2, -0.15) is 0 Å². The summed E-state index contributed by atoms with van der Waals surface area (Å²) in [6.07, 6.45) is 0.432. The lowest BCUT2D eigenvalue weighted by Crippen LogP contribution is -2.27. The van der Waals surface area contributed by atoms with Crippen LogP contribution in [0.5, 0.6) is 5.75 Å². The van der Waals surface area contributed by atoms with E-state index in [9.17, 15) is 9.59 Å². The number of nitrogens with zero attached hydrogens (tertiary/aromatic N) is 1. The summed E-state index contributed by atoms with van der Waals surface area (Å²) in [6, 6.07) is 14.2. The van der Waals surface area contributed by atoms with Gasteiger partial charge in [0.1, 0.15) is 11.6 Å². The first-order chi connectivity index (χ1) is 11.7. The molecular formula is C18H17N3O3. The zero-order valence-electron chi connectivity index (χ0n) is 13.2. The monoisotopic (exact) mass is 323 g/mol. The number of nitrogens with one attached hydrogen (secondary N) is 2. The van der Waals surface area contributed by atoms with Crippen molar-refractivity contribution in [3.05, 3.63) is 70.3 Å². The molecule has 1 amide bonds. The number of ether oxygens (including phenoxy) is 1. The van der Waals surface area contributed by atoms with Crippen molar-refractivity contribution in [3.63, 3.8) is 0 Å². The minimum absolute atomic E-state index is 0.174. The first-order valence-corrected chi connectivity index (χ1v) is 7.58. The summed E-state index contributed by atoms with van der Waals surface area (Å²) >= 11 is 0. The van der Waals surface area contributed by atoms with Crippen molar-refractivity contribution in [1.82, 2.24) is 15.3 Å².